The highest BCUT2D eigenvalue weighted by Crippen LogP contribution is 2.29. The predicted molar refractivity (Wildman–Crippen MR) is 98.5 cm³/mol. The van der Waals surface area contributed by atoms with Gasteiger partial charge in [-0.1, -0.05) is 30.4 Å². The summed E-state index contributed by atoms with van der Waals surface area (Å²) in [6, 6.07) is 7.59. The van der Waals surface area contributed by atoms with Crippen LogP contribution in [0.2, 0.25) is 0 Å². The second-order valence-electron chi connectivity index (χ2n) is 5.79. The number of aryl methyl sites for hydroxylation is 1. The van der Waals surface area contributed by atoms with Gasteiger partial charge in [0.05, 0.1) is 17.6 Å². The van der Waals surface area contributed by atoms with Gasteiger partial charge in [-0.15, -0.1) is 0 Å². The molecule has 3 aromatic heterocycles. The Morgan fingerprint density at radius 3 is 2.92 bits per heavy atom. The summed E-state index contributed by atoms with van der Waals surface area (Å²) in [4.78, 5) is 8.84. The van der Waals surface area contributed by atoms with Crippen molar-refractivity contribution in [1.29, 1.82) is 0 Å². The van der Waals surface area contributed by atoms with Gasteiger partial charge in [-0.25, -0.2) is 0 Å². The van der Waals surface area contributed by atoms with Gasteiger partial charge in [0.25, 0.3) is 0 Å². The van der Waals surface area contributed by atoms with Crippen LogP contribution in [0.25, 0.3) is 29.1 Å². The van der Waals surface area contributed by atoms with E-state index < -0.39 is 0 Å². The summed E-state index contributed by atoms with van der Waals surface area (Å²) in [5, 5.41) is 16.9. The molecule has 5 heteroatoms. The van der Waals surface area contributed by atoms with E-state index in [1.54, 1.807) is 6.07 Å². The van der Waals surface area contributed by atoms with Crippen LogP contribution in [0, 0.1) is 6.92 Å². The second-order valence-corrected chi connectivity index (χ2v) is 5.79. The van der Waals surface area contributed by atoms with Crippen LogP contribution in [-0.4, -0.2) is 25.3 Å². The molecule has 4 rings (SSSR count). The molecule has 1 aliphatic carbocycles. The molecular formula is C20H16N4O. The Hall–Kier alpha value is -3.47. The summed E-state index contributed by atoms with van der Waals surface area (Å²) < 4.78 is 0. The van der Waals surface area contributed by atoms with Crippen LogP contribution in [-0.2, 0) is 0 Å². The third-order valence-electron chi connectivity index (χ3n) is 3.99. The number of fused-ring (bicyclic) bond motifs is 1. The lowest BCUT2D eigenvalue weighted by Crippen LogP contribution is -1.92. The van der Waals surface area contributed by atoms with Crippen molar-refractivity contribution in [1.82, 2.24) is 20.2 Å². The van der Waals surface area contributed by atoms with Crippen LogP contribution in [0.4, 0.5) is 0 Å². The number of hydrogen-bond acceptors (Lipinski definition) is 4. The minimum Gasteiger partial charge on any atom is -0.506 e. The first kappa shape index (κ1) is 15.1. The molecule has 122 valence electrons. The van der Waals surface area contributed by atoms with E-state index >= 15 is 0 Å². The third-order valence-corrected chi connectivity index (χ3v) is 3.99. The number of nitrogens with one attached hydrogen (secondary N) is 1. The zero-order valence-electron chi connectivity index (χ0n) is 13.6. The van der Waals surface area contributed by atoms with Crippen LogP contribution >= 0.6 is 0 Å². The molecule has 0 amide bonds. The summed E-state index contributed by atoms with van der Waals surface area (Å²) in [5.41, 5.74) is 6.25. The van der Waals surface area contributed by atoms with E-state index in [2.05, 4.69) is 20.2 Å². The number of hydrogen-bond donors (Lipinski definition) is 2. The second kappa shape index (κ2) is 6.20. The van der Waals surface area contributed by atoms with Crippen molar-refractivity contribution >= 4 is 17.7 Å². The van der Waals surface area contributed by atoms with Crippen molar-refractivity contribution in [2.24, 2.45) is 0 Å². The maximum absolute atomic E-state index is 9.58. The van der Waals surface area contributed by atoms with Crippen molar-refractivity contribution in [3.63, 3.8) is 0 Å². The van der Waals surface area contributed by atoms with Crippen LogP contribution in [0.3, 0.4) is 0 Å². The quantitative estimate of drug-likeness (QED) is 0.745. The monoisotopic (exact) mass is 328 g/mol. The summed E-state index contributed by atoms with van der Waals surface area (Å²) in [5.74, 6) is 0.157. The molecule has 25 heavy (non-hydrogen) atoms. The number of aromatic hydroxyl groups is 1. The van der Waals surface area contributed by atoms with Crippen LogP contribution in [0.5, 0.6) is 5.75 Å². The average Bonchev–Trinajstić information content (AvgIpc) is 3.06. The molecule has 0 bridgehead atoms. The standard InChI is InChI=1S/C20H16N4O/c1-13-4-2-7-19(23-13)20-17(12-22-24-20)14-5-3-6-15-10-16(25)11-21-18(15)9-8-14/h2-12,25H,1H3,(H,22,24)/b5-3?,6-3+,9-8-,14-5-,14-8?,15-6?,18-9?. The van der Waals surface area contributed by atoms with Gasteiger partial charge < -0.3 is 5.11 Å². The van der Waals surface area contributed by atoms with Crippen molar-refractivity contribution < 1.29 is 5.11 Å². The van der Waals surface area contributed by atoms with Gasteiger partial charge in [0, 0.05) is 23.0 Å². The highest BCUT2D eigenvalue weighted by Gasteiger charge is 2.13. The van der Waals surface area contributed by atoms with Gasteiger partial charge >= 0.3 is 0 Å². The molecule has 2 N–H and O–H groups in total. The molecule has 0 aliphatic heterocycles. The number of H-pyrrole nitrogens is 1. The Kier molecular flexibility index (Phi) is 3.74. The van der Waals surface area contributed by atoms with Crippen molar-refractivity contribution in [2.45, 2.75) is 6.92 Å². The van der Waals surface area contributed by atoms with E-state index in [-0.39, 0.29) is 5.75 Å². The number of rotatable bonds is 2. The molecule has 5 nitrogen and oxygen atoms in total. The molecule has 0 aromatic carbocycles. The molecule has 1 aliphatic rings. The van der Waals surface area contributed by atoms with Crippen LogP contribution in [0.1, 0.15) is 22.5 Å². The van der Waals surface area contributed by atoms with E-state index in [4.69, 9.17) is 0 Å². The zero-order chi connectivity index (χ0) is 17.2. The van der Waals surface area contributed by atoms with Gasteiger partial charge in [-0.05, 0) is 36.8 Å². The Labute approximate surface area is 145 Å². The normalized spacial score (nSPS) is 17.7. The Morgan fingerprint density at radius 1 is 1.12 bits per heavy atom. The maximum atomic E-state index is 9.58. The van der Waals surface area contributed by atoms with Gasteiger partial charge in [0.15, 0.2) is 0 Å². The zero-order valence-corrected chi connectivity index (χ0v) is 13.6. The highest BCUT2D eigenvalue weighted by molar-refractivity contribution is 5.87. The number of aromatic nitrogens is 4. The van der Waals surface area contributed by atoms with Gasteiger partial charge in [0.1, 0.15) is 11.4 Å². The van der Waals surface area contributed by atoms with E-state index in [1.165, 1.54) is 6.20 Å². The first-order valence-corrected chi connectivity index (χ1v) is 7.94. The molecule has 0 spiro atoms. The largest absolute Gasteiger partial charge is 0.506 e. The van der Waals surface area contributed by atoms with Gasteiger partial charge in [-0.3, -0.25) is 15.1 Å². The molecule has 3 aromatic rings. The summed E-state index contributed by atoms with van der Waals surface area (Å²) >= 11 is 0. The summed E-state index contributed by atoms with van der Waals surface area (Å²) in [7, 11) is 0. The number of allylic oxidation sites excluding steroid dienone is 4. The molecule has 0 unspecified atom stereocenters. The van der Waals surface area contributed by atoms with E-state index in [1.807, 2.05) is 61.7 Å². The third kappa shape index (κ3) is 2.99. The molecule has 3 heterocycles. The minimum atomic E-state index is 0.157. The minimum absolute atomic E-state index is 0.157. The Bertz CT molecular complexity index is 1030. The first-order chi connectivity index (χ1) is 12.2. The lowest BCUT2D eigenvalue weighted by Gasteiger charge is -2.07. The summed E-state index contributed by atoms with van der Waals surface area (Å²) in [6.07, 6.45) is 13.1. The lowest BCUT2D eigenvalue weighted by molar-refractivity contribution is 0.472. The number of pyridine rings is 2. The summed E-state index contributed by atoms with van der Waals surface area (Å²) in [6.45, 7) is 1.96. The van der Waals surface area contributed by atoms with Crippen molar-refractivity contribution in [2.75, 3.05) is 0 Å². The molecular weight excluding hydrogens is 312 g/mol. The van der Waals surface area contributed by atoms with E-state index in [0.29, 0.717) is 0 Å². The highest BCUT2D eigenvalue weighted by atomic mass is 16.3. The van der Waals surface area contributed by atoms with Crippen LogP contribution in [0.15, 0.2) is 54.9 Å². The molecule has 0 saturated heterocycles. The molecule has 0 saturated carbocycles. The number of aromatic amines is 1. The first-order valence-electron chi connectivity index (χ1n) is 7.94. The SMILES string of the molecule is Cc1cccc(-c2n[nH]cc2C2=C\C=C\c3cc(O)cnc3/C=C\2)n1. The predicted octanol–water partition coefficient (Wildman–Crippen LogP) is 4.00. The fourth-order valence-corrected chi connectivity index (χ4v) is 2.79. The fraction of sp³-hybridized carbons (Fsp3) is 0.0500. The van der Waals surface area contributed by atoms with Crippen molar-refractivity contribution in [3.8, 4) is 17.1 Å². The Balaban J connectivity index is 1.76. The fourth-order valence-electron chi connectivity index (χ4n) is 2.79. The topological polar surface area (TPSA) is 74.7 Å². The lowest BCUT2D eigenvalue weighted by atomic mass is 10.0. The maximum Gasteiger partial charge on any atom is 0.134 e. The van der Waals surface area contributed by atoms with Gasteiger partial charge in [0.2, 0.25) is 0 Å². The van der Waals surface area contributed by atoms with Crippen molar-refractivity contribution in [3.05, 3.63) is 77.4 Å². The number of nitrogens with zero attached hydrogens (tertiary/aromatic N) is 3. The van der Waals surface area contributed by atoms with E-state index in [9.17, 15) is 5.11 Å². The van der Waals surface area contributed by atoms with Gasteiger partial charge in [-0.2, -0.15) is 5.10 Å². The molecule has 0 fully saturated rings. The molecule has 0 radical (unpaired) electrons. The average molecular weight is 328 g/mol. The molecule has 0 atom stereocenters. The smallest absolute Gasteiger partial charge is 0.134 e. The van der Waals surface area contributed by atoms with E-state index in [0.717, 1.165) is 39.5 Å². The van der Waals surface area contributed by atoms with Crippen LogP contribution < -0.4 is 0 Å². The Morgan fingerprint density at radius 2 is 2.04 bits per heavy atom.